The van der Waals surface area contributed by atoms with E-state index in [1.165, 1.54) is 18.0 Å². The van der Waals surface area contributed by atoms with E-state index in [1.807, 2.05) is 0 Å². The van der Waals surface area contributed by atoms with E-state index in [1.54, 1.807) is 0 Å². The summed E-state index contributed by atoms with van der Waals surface area (Å²) in [7, 11) is -1.47. The lowest BCUT2D eigenvalue weighted by molar-refractivity contribution is -0.155. The van der Waals surface area contributed by atoms with Gasteiger partial charge in [0, 0.05) is 6.61 Å². The highest BCUT2D eigenvalue weighted by atomic mass is 28.3. The quantitative estimate of drug-likeness (QED) is 0.769. The fraction of sp³-hybridized carbons (Fsp3) is 0.500. The molecule has 2 nitrogen and oxygen atoms in total. The Balaban J connectivity index is 1.81. The molecule has 19 heavy (non-hydrogen) atoms. The monoisotopic (exact) mass is 276 g/mol. The minimum Gasteiger partial charge on any atom is -0.353 e. The van der Waals surface area contributed by atoms with Gasteiger partial charge in [-0.3, -0.25) is 0 Å². The molecular weight excluding hydrogens is 252 g/mol. The Bertz CT molecular complexity index is 394. The second kappa shape index (κ2) is 7.03. The molecule has 3 heteroatoms. The summed E-state index contributed by atoms with van der Waals surface area (Å²) in [5.41, 5.74) is 2.35. The summed E-state index contributed by atoms with van der Waals surface area (Å²) >= 11 is 0. The van der Waals surface area contributed by atoms with Crippen molar-refractivity contribution in [3.8, 4) is 0 Å². The first-order valence-corrected chi connectivity index (χ1v) is 10.2. The van der Waals surface area contributed by atoms with E-state index in [0.29, 0.717) is 6.61 Å². The van der Waals surface area contributed by atoms with Crippen molar-refractivity contribution in [1.82, 2.24) is 0 Å². The average molecular weight is 276 g/mol. The van der Waals surface area contributed by atoms with Crippen molar-refractivity contribution < 1.29 is 9.47 Å². The molecule has 1 aliphatic rings. The van der Waals surface area contributed by atoms with E-state index in [4.69, 9.17) is 9.47 Å². The number of hydrogen-bond acceptors (Lipinski definition) is 2. The highest BCUT2D eigenvalue weighted by molar-refractivity contribution is 6.93. The van der Waals surface area contributed by atoms with Crippen LogP contribution in [0.3, 0.4) is 0 Å². The molecule has 1 saturated heterocycles. The van der Waals surface area contributed by atoms with Gasteiger partial charge >= 0.3 is 0 Å². The molecule has 1 heterocycles. The Hall–Kier alpha value is -0.903. The van der Waals surface area contributed by atoms with Crippen LogP contribution in [0.4, 0.5) is 0 Å². The first kappa shape index (κ1) is 14.5. The van der Waals surface area contributed by atoms with E-state index < -0.39 is 8.07 Å². The van der Waals surface area contributed by atoms with Crippen LogP contribution in [0.15, 0.2) is 42.1 Å². The predicted octanol–water partition coefficient (Wildman–Crippen LogP) is 3.24. The van der Waals surface area contributed by atoms with E-state index in [2.05, 4.69) is 55.2 Å². The summed E-state index contributed by atoms with van der Waals surface area (Å²) in [6.45, 7) is 6.22. The van der Waals surface area contributed by atoms with Crippen LogP contribution in [0, 0.1) is 0 Å². The molecule has 104 valence electrons. The molecule has 0 radical (unpaired) electrons. The normalized spacial score (nSPS) is 20.8. The zero-order valence-corrected chi connectivity index (χ0v) is 13.0. The van der Waals surface area contributed by atoms with E-state index in [-0.39, 0.29) is 6.29 Å². The lowest BCUT2D eigenvalue weighted by atomic mass is 10.2. The van der Waals surface area contributed by atoms with Crippen molar-refractivity contribution in [3.63, 3.8) is 0 Å². The summed E-state index contributed by atoms with van der Waals surface area (Å²) in [6.07, 6.45) is 5.60. The first-order valence-electron chi connectivity index (χ1n) is 7.15. The summed E-state index contributed by atoms with van der Waals surface area (Å²) < 4.78 is 11.3. The van der Waals surface area contributed by atoms with Crippen LogP contribution in [-0.2, 0) is 9.47 Å². The molecule has 0 aliphatic carbocycles. The molecule has 1 aromatic carbocycles. The molecule has 2 rings (SSSR count). The molecule has 0 spiro atoms. The van der Waals surface area contributed by atoms with Crippen molar-refractivity contribution in [2.45, 2.75) is 38.6 Å². The molecule has 0 bridgehead atoms. The third-order valence-corrected chi connectivity index (χ3v) is 6.46. The maximum Gasteiger partial charge on any atom is 0.157 e. The smallest absolute Gasteiger partial charge is 0.157 e. The lowest BCUT2D eigenvalue weighted by Gasteiger charge is -2.22. The third-order valence-electron chi connectivity index (χ3n) is 3.57. The lowest BCUT2D eigenvalue weighted by Crippen LogP contribution is -2.39. The molecule has 0 saturated carbocycles. The van der Waals surface area contributed by atoms with Gasteiger partial charge in [0.15, 0.2) is 6.29 Å². The largest absolute Gasteiger partial charge is 0.353 e. The van der Waals surface area contributed by atoms with Gasteiger partial charge in [-0.2, -0.15) is 0 Å². The molecule has 1 fully saturated rings. The van der Waals surface area contributed by atoms with Gasteiger partial charge in [0.05, 0.1) is 6.61 Å². The van der Waals surface area contributed by atoms with Crippen molar-refractivity contribution in [2.75, 3.05) is 13.2 Å². The number of rotatable bonds is 5. The summed E-state index contributed by atoms with van der Waals surface area (Å²) in [4.78, 5) is 0. The second-order valence-electron chi connectivity index (χ2n) is 5.62. The zero-order valence-electron chi connectivity index (χ0n) is 12.0. The predicted molar refractivity (Wildman–Crippen MR) is 82.2 cm³/mol. The topological polar surface area (TPSA) is 18.5 Å². The van der Waals surface area contributed by atoms with Crippen molar-refractivity contribution in [2.24, 2.45) is 0 Å². The second-order valence-corrected chi connectivity index (χ2v) is 9.97. The Kier molecular flexibility index (Phi) is 5.37. The molecule has 1 aromatic rings. The maximum atomic E-state index is 5.73. The Morgan fingerprint density at radius 2 is 2.05 bits per heavy atom. The van der Waals surface area contributed by atoms with Gasteiger partial charge in [0.1, 0.15) is 8.07 Å². The highest BCUT2D eigenvalue weighted by Crippen LogP contribution is 2.13. The molecular formula is C16H24O2Si. The van der Waals surface area contributed by atoms with Gasteiger partial charge in [-0.15, -0.1) is 0 Å². The summed E-state index contributed by atoms with van der Waals surface area (Å²) in [5.74, 6) is 0. The Labute approximate surface area is 117 Å². The van der Waals surface area contributed by atoms with Crippen LogP contribution in [0.5, 0.6) is 0 Å². The van der Waals surface area contributed by atoms with Crippen molar-refractivity contribution in [1.29, 1.82) is 0 Å². The first-order chi connectivity index (χ1) is 9.18. The van der Waals surface area contributed by atoms with Gasteiger partial charge in [0.25, 0.3) is 0 Å². The van der Waals surface area contributed by atoms with Crippen LogP contribution in [0.25, 0.3) is 0 Å². The van der Waals surface area contributed by atoms with Gasteiger partial charge < -0.3 is 9.47 Å². The average Bonchev–Trinajstić information content (AvgIpc) is 2.46. The number of ether oxygens (including phenoxy) is 2. The number of benzene rings is 1. The Morgan fingerprint density at radius 1 is 1.26 bits per heavy atom. The highest BCUT2D eigenvalue weighted by Gasteiger charge is 2.19. The van der Waals surface area contributed by atoms with Crippen LogP contribution in [0.2, 0.25) is 13.1 Å². The third kappa shape index (κ3) is 4.60. The molecule has 1 unspecified atom stereocenters. The minimum absolute atomic E-state index is 0.0138. The minimum atomic E-state index is -1.47. The van der Waals surface area contributed by atoms with E-state index >= 15 is 0 Å². The summed E-state index contributed by atoms with van der Waals surface area (Å²) in [5, 5.41) is 1.46. The summed E-state index contributed by atoms with van der Waals surface area (Å²) in [6, 6.07) is 10.7. The zero-order chi connectivity index (χ0) is 13.6. The van der Waals surface area contributed by atoms with Gasteiger partial charge in [0.2, 0.25) is 0 Å². The molecule has 0 N–H and O–H groups in total. The van der Waals surface area contributed by atoms with Crippen LogP contribution in [-0.4, -0.2) is 27.6 Å². The van der Waals surface area contributed by atoms with Crippen molar-refractivity contribution >= 4 is 13.3 Å². The van der Waals surface area contributed by atoms with Crippen molar-refractivity contribution in [3.05, 3.63) is 42.1 Å². The molecule has 0 aromatic heterocycles. The van der Waals surface area contributed by atoms with Crippen LogP contribution >= 0.6 is 0 Å². The van der Waals surface area contributed by atoms with Crippen LogP contribution < -0.4 is 5.19 Å². The maximum absolute atomic E-state index is 5.73. The van der Waals surface area contributed by atoms with Gasteiger partial charge in [-0.05, 0) is 19.3 Å². The fourth-order valence-electron chi connectivity index (χ4n) is 2.31. The Morgan fingerprint density at radius 3 is 2.74 bits per heavy atom. The van der Waals surface area contributed by atoms with E-state index in [0.717, 1.165) is 13.0 Å². The fourth-order valence-corrected chi connectivity index (χ4v) is 4.24. The molecule has 0 amide bonds. The number of hydrogen-bond donors (Lipinski definition) is 0. The van der Waals surface area contributed by atoms with E-state index in [9.17, 15) is 0 Å². The molecule has 1 atom stereocenters. The molecule has 1 aliphatic heterocycles. The van der Waals surface area contributed by atoms with Gasteiger partial charge in [-0.1, -0.05) is 60.4 Å². The van der Waals surface area contributed by atoms with Gasteiger partial charge in [-0.25, -0.2) is 0 Å². The standard InChI is InChI=1S/C16H24O2Si/c1-19(2,15-9-4-3-5-10-15)14-8-13-18-16-11-6-7-12-17-16/h3-5,8-10,14,16H,6-7,11-13H2,1-2H3/b14-8-. The SMILES string of the molecule is C[Si](C)(/C=C\COC1CCCCO1)c1ccccc1. The van der Waals surface area contributed by atoms with Crippen LogP contribution in [0.1, 0.15) is 19.3 Å².